The van der Waals surface area contributed by atoms with E-state index in [2.05, 4.69) is 24.0 Å². The van der Waals surface area contributed by atoms with Crippen LogP contribution in [0.4, 0.5) is 0 Å². The third-order valence-electron chi connectivity index (χ3n) is 2.82. The van der Waals surface area contributed by atoms with E-state index in [9.17, 15) is 0 Å². The highest BCUT2D eigenvalue weighted by molar-refractivity contribution is 7.13. The van der Waals surface area contributed by atoms with Crippen LogP contribution in [-0.4, -0.2) is 31.1 Å². The molecule has 0 amide bonds. The van der Waals surface area contributed by atoms with Crippen molar-refractivity contribution in [3.63, 3.8) is 0 Å². The monoisotopic (exact) mass is 225 g/mol. The van der Waals surface area contributed by atoms with E-state index in [0.717, 1.165) is 18.2 Å². The number of piperidine rings is 1. The average molecular weight is 225 g/mol. The summed E-state index contributed by atoms with van der Waals surface area (Å²) >= 11 is 1.73. The molecule has 84 valence electrons. The molecule has 0 saturated carbocycles. The molecule has 3 heteroatoms. The molecule has 15 heavy (non-hydrogen) atoms. The van der Waals surface area contributed by atoms with Gasteiger partial charge in [0.25, 0.3) is 0 Å². The first-order chi connectivity index (χ1) is 7.34. The first-order valence-electron chi connectivity index (χ1n) is 5.76. The minimum atomic E-state index is 0.833. The quantitative estimate of drug-likeness (QED) is 0.781. The molecule has 2 heterocycles. The lowest BCUT2D eigenvalue weighted by Gasteiger charge is -2.25. The highest BCUT2D eigenvalue weighted by atomic mass is 32.1. The van der Waals surface area contributed by atoms with Crippen LogP contribution in [0, 0.1) is 6.92 Å². The molecule has 1 fully saturated rings. The van der Waals surface area contributed by atoms with Crippen LogP contribution in [-0.2, 0) is 0 Å². The summed E-state index contributed by atoms with van der Waals surface area (Å²) in [7, 11) is 0. The number of likely N-dealkylation sites (tertiary alicyclic amines) is 1. The second kappa shape index (κ2) is 5.52. The average Bonchev–Trinajstić information content (AvgIpc) is 2.66. The molecule has 1 aliphatic rings. The predicted molar refractivity (Wildman–Crippen MR) is 64.8 cm³/mol. The Bertz CT molecular complexity index is 292. The molecule has 2 nitrogen and oxygen atoms in total. The number of hydrogen-bond donors (Lipinski definition) is 0. The fourth-order valence-electron chi connectivity index (χ4n) is 1.95. The first-order valence-corrected chi connectivity index (χ1v) is 6.58. The van der Waals surface area contributed by atoms with Gasteiger partial charge in [0.05, 0.1) is 0 Å². The summed E-state index contributed by atoms with van der Waals surface area (Å²) < 4.78 is 5.71. The van der Waals surface area contributed by atoms with Crippen molar-refractivity contribution in [2.75, 3.05) is 26.2 Å². The smallest absolute Gasteiger partial charge is 0.174 e. The van der Waals surface area contributed by atoms with Crippen LogP contribution >= 0.6 is 11.3 Å². The zero-order valence-corrected chi connectivity index (χ0v) is 10.2. The topological polar surface area (TPSA) is 12.5 Å². The van der Waals surface area contributed by atoms with Crippen molar-refractivity contribution in [2.45, 2.75) is 26.2 Å². The maximum absolute atomic E-state index is 5.71. The molecule has 0 N–H and O–H groups in total. The van der Waals surface area contributed by atoms with Crippen LogP contribution in [0.25, 0.3) is 0 Å². The third-order valence-corrected chi connectivity index (χ3v) is 3.73. The Morgan fingerprint density at radius 2 is 2.07 bits per heavy atom. The Kier molecular flexibility index (Phi) is 4.03. The van der Waals surface area contributed by atoms with Crippen molar-refractivity contribution in [3.8, 4) is 5.06 Å². The largest absolute Gasteiger partial charge is 0.483 e. The zero-order valence-electron chi connectivity index (χ0n) is 9.37. The van der Waals surface area contributed by atoms with Crippen LogP contribution in [0.1, 0.15) is 24.1 Å². The van der Waals surface area contributed by atoms with Gasteiger partial charge >= 0.3 is 0 Å². The Hall–Kier alpha value is -0.540. The number of rotatable bonds is 4. The SMILES string of the molecule is Cc1ccc(OCCN2CCCCC2)s1. The third kappa shape index (κ3) is 3.50. The van der Waals surface area contributed by atoms with Crippen LogP contribution in [0.15, 0.2) is 12.1 Å². The molecule has 1 aromatic rings. The number of ether oxygens (including phenoxy) is 1. The van der Waals surface area contributed by atoms with Gasteiger partial charge in [0.15, 0.2) is 5.06 Å². The summed E-state index contributed by atoms with van der Waals surface area (Å²) in [5.41, 5.74) is 0. The van der Waals surface area contributed by atoms with E-state index in [4.69, 9.17) is 4.74 Å². The predicted octanol–water partition coefficient (Wildman–Crippen LogP) is 2.92. The molecule has 0 unspecified atom stereocenters. The summed E-state index contributed by atoms with van der Waals surface area (Å²) in [6, 6.07) is 4.18. The standard InChI is InChI=1S/C12H19NOS/c1-11-5-6-12(15-11)14-10-9-13-7-3-2-4-8-13/h5-6H,2-4,7-10H2,1H3. The molecular formula is C12H19NOS. The lowest BCUT2D eigenvalue weighted by molar-refractivity contribution is 0.185. The van der Waals surface area contributed by atoms with Crippen molar-refractivity contribution >= 4 is 11.3 Å². The molecule has 1 saturated heterocycles. The first kappa shape index (κ1) is 11.0. The lowest BCUT2D eigenvalue weighted by atomic mass is 10.1. The Morgan fingerprint density at radius 1 is 1.27 bits per heavy atom. The highest BCUT2D eigenvalue weighted by Gasteiger charge is 2.09. The van der Waals surface area contributed by atoms with Gasteiger partial charge in [0.2, 0.25) is 0 Å². The van der Waals surface area contributed by atoms with Gasteiger partial charge in [-0.2, -0.15) is 0 Å². The molecule has 1 aromatic heterocycles. The molecular weight excluding hydrogens is 206 g/mol. The summed E-state index contributed by atoms with van der Waals surface area (Å²) in [6.07, 6.45) is 4.12. The van der Waals surface area contributed by atoms with Gasteiger partial charge < -0.3 is 4.74 Å². The Balaban J connectivity index is 1.65. The van der Waals surface area contributed by atoms with E-state index < -0.39 is 0 Å². The van der Waals surface area contributed by atoms with Gasteiger partial charge in [0.1, 0.15) is 6.61 Å². The van der Waals surface area contributed by atoms with Crippen LogP contribution in [0.3, 0.4) is 0 Å². The highest BCUT2D eigenvalue weighted by Crippen LogP contribution is 2.23. The van der Waals surface area contributed by atoms with Crippen LogP contribution < -0.4 is 4.74 Å². The molecule has 0 aliphatic carbocycles. The van der Waals surface area contributed by atoms with E-state index in [1.54, 1.807) is 11.3 Å². The number of aryl methyl sites for hydroxylation is 1. The van der Waals surface area contributed by atoms with E-state index in [0.29, 0.717) is 0 Å². The second-order valence-corrected chi connectivity index (χ2v) is 5.37. The maximum atomic E-state index is 5.71. The summed E-state index contributed by atoms with van der Waals surface area (Å²) in [5.74, 6) is 0. The molecule has 0 aromatic carbocycles. The maximum Gasteiger partial charge on any atom is 0.174 e. The normalized spacial score (nSPS) is 17.9. The minimum absolute atomic E-state index is 0.833. The number of hydrogen-bond acceptors (Lipinski definition) is 3. The van der Waals surface area contributed by atoms with Gasteiger partial charge in [-0.15, -0.1) is 11.3 Å². The van der Waals surface area contributed by atoms with E-state index >= 15 is 0 Å². The molecule has 0 radical (unpaired) electrons. The van der Waals surface area contributed by atoms with Gasteiger partial charge in [0, 0.05) is 11.4 Å². The number of nitrogens with zero attached hydrogens (tertiary/aromatic N) is 1. The van der Waals surface area contributed by atoms with Crippen LogP contribution in [0.5, 0.6) is 5.06 Å². The Morgan fingerprint density at radius 3 is 2.73 bits per heavy atom. The molecule has 2 rings (SSSR count). The van der Waals surface area contributed by atoms with Gasteiger partial charge in [-0.1, -0.05) is 6.42 Å². The van der Waals surface area contributed by atoms with Gasteiger partial charge in [-0.3, -0.25) is 4.90 Å². The van der Waals surface area contributed by atoms with Crippen molar-refractivity contribution in [1.82, 2.24) is 4.90 Å². The molecule has 0 bridgehead atoms. The molecule has 0 spiro atoms. The van der Waals surface area contributed by atoms with Crippen molar-refractivity contribution in [2.24, 2.45) is 0 Å². The second-order valence-electron chi connectivity index (χ2n) is 4.12. The van der Waals surface area contributed by atoms with Crippen molar-refractivity contribution in [1.29, 1.82) is 0 Å². The fourth-order valence-corrected chi connectivity index (χ4v) is 2.68. The lowest BCUT2D eigenvalue weighted by Crippen LogP contribution is -2.33. The summed E-state index contributed by atoms with van der Waals surface area (Å²) in [6.45, 7) is 6.54. The fraction of sp³-hybridized carbons (Fsp3) is 0.667. The van der Waals surface area contributed by atoms with E-state index in [1.807, 2.05) is 0 Å². The minimum Gasteiger partial charge on any atom is -0.483 e. The number of thiophene rings is 1. The van der Waals surface area contributed by atoms with Crippen LogP contribution in [0.2, 0.25) is 0 Å². The van der Waals surface area contributed by atoms with E-state index in [-0.39, 0.29) is 0 Å². The van der Waals surface area contributed by atoms with E-state index in [1.165, 1.54) is 37.2 Å². The van der Waals surface area contributed by atoms with Gasteiger partial charge in [-0.25, -0.2) is 0 Å². The van der Waals surface area contributed by atoms with Crippen molar-refractivity contribution < 1.29 is 4.74 Å². The molecule has 1 aliphatic heterocycles. The molecule has 0 atom stereocenters. The summed E-state index contributed by atoms with van der Waals surface area (Å²) in [5, 5.41) is 1.06. The van der Waals surface area contributed by atoms with Gasteiger partial charge in [-0.05, 0) is 45.0 Å². The Labute approximate surface area is 95.9 Å². The zero-order chi connectivity index (χ0) is 10.5. The van der Waals surface area contributed by atoms with Crippen molar-refractivity contribution in [3.05, 3.63) is 17.0 Å². The summed E-state index contributed by atoms with van der Waals surface area (Å²) in [4.78, 5) is 3.83.